The molecule has 1 amide bonds. The molecule has 1 aliphatic heterocycles. The summed E-state index contributed by atoms with van der Waals surface area (Å²) in [5.74, 6) is 1.17. The highest BCUT2D eigenvalue weighted by atomic mass is 16.2. The van der Waals surface area contributed by atoms with Crippen molar-refractivity contribution in [2.24, 2.45) is 0 Å². The smallest absolute Gasteiger partial charge is 0.247 e. The minimum absolute atomic E-state index is 0.00786. The molecule has 1 N–H and O–H groups in total. The third kappa shape index (κ3) is 4.09. The first-order valence-corrected chi connectivity index (χ1v) is 8.11. The summed E-state index contributed by atoms with van der Waals surface area (Å²) in [4.78, 5) is 31.2. The van der Waals surface area contributed by atoms with Crippen LogP contribution in [-0.4, -0.2) is 58.0 Å². The number of hydrogen-bond donors (Lipinski definition) is 1. The monoisotopic (exact) mass is 340 g/mol. The first-order chi connectivity index (χ1) is 12.0. The van der Waals surface area contributed by atoms with Gasteiger partial charge in [0.05, 0.1) is 6.20 Å². The second kappa shape index (κ2) is 7.25. The summed E-state index contributed by atoms with van der Waals surface area (Å²) in [6.07, 6.45) is 1.54. The lowest BCUT2D eigenvalue weighted by atomic mass is 10.1. The first kappa shape index (κ1) is 16.8. The number of nitrogens with zero attached hydrogens (tertiary/aromatic N) is 5. The summed E-state index contributed by atoms with van der Waals surface area (Å²) in [6, 6.07) is 7.22. The van der Waals surface area contributed by atoms with Crippen LogP contribution in [0.5, 0.6) is 0 Å². The van der Waals surface area contributed by atoms with Crippen LogP contribution in [0, 0.1) is 0 Å². The van der Waals surface area contributed by atoms with Gasteiger partial charge in [0.1, 0.15) is 0 Å². The number of amides is 1. The third-order valence-electron chi connectivity index (χ3n) is 4.10. The summed E-state index contributed by atoms with van der Waals surface area (Å²) in [6.45, 7) is 5.75. The fraction of sp³-hybridized carbons (Fsp3) is 0.353. The van der Waals surface area contributed by atoms with Crippen molar-refractivity contribution >= 4 is 29.1 Å². The Morgan fingerprint density at radius 1 is 1.12 bits per heavy atom. The number of anilines is 3. The zero-order chi connectivity index (χ0) is 17.8. The first-order valence-electron chi connectivity index (χ1n) is 8.11. The highest BCUT2D eigenvalue weighted by molar-refractivity contribution is 5.95. The summed E-state index contributed by atoms with van der Waals surface area (Å²) < 4.78 is 0. The van der Waals surface area contributed by atoms with Gasteiger partial charge in [0.2, 0.25) is 11.9 Å². The molecule has 3 rings (SSSR count). The van der Waals surface area contributed by atoms with E-state index in [0.717, 1.165) is 5.69 Å². The quantitative estimate of drug-likeness (QED) is 0.843. The maximum Gasteiger partial charge on any atom is 0.247 e. The number of rotatable bonds is 4. The number of aromatic nitrogens is 3. The molecule has 8 heteroatoms. The zero-order valence-electron chi connectivity index (χ0n) is 14.3. The topological polar surface area (TPSA) is 91.3 Å². The Balaban J connectivity index is 1.71. The Labute approximate surface area is 145 Å². The van der Waals surface area contributed by atoms with E-state index in [9.17, 15) is 9.59 Å². The molecule has 1 aliphatic rings. The van der Waals surface area contributed by atoms with Gasteiger partial charge >= 0.3 is 0 Å². The molecule has 130 valence electrons. The van der Waals surface area contributed by atoms with Gasteiger partial charge in [-0.2, -0.15) is 10.1 Å². The molecule has 0 unspecified atom stereocenters. The molecule has 25 heavy (non-hydrogen) atoms. The van der Waals surface area contributed by atoms with Crippen LogP contribution in [0.4, 0.5) is 17.5 Å². The van der Waals surface area contributed by atoms with Gasteiger partial charge in [-0.25, -0.2) is 0 Å². The Morgan fingerprint density at radius 2 is 1.88 bits per heavy atom. The number of ketones is 1. The van der Waals surface area contributed by atoms with Crippen molar-refractivity contribution in [3.63, 3.8) is 0 Å². The van der Waals surface area contributed by atoms with E-state index in [2.05, 4.69) is 20.5 Å². The van der Waals surface area contributed by atoms with Crippen molar-refractivity contribution in [2.75, 3.05) is 36.4 Å². The molecule has 0 spiro atoms. The second-order valence-corrected chi connectivity index (χ2v) is 5.90. The van der Waals surface area contributed by atoms with E-state index in [1.165, 1.54) is 13.1 Å². The van der Waals surface area contributed by atoms with Gasteiger partial charge in [0.25, 0.3) is 0 Å². The van der Waals surface area contributed by atoms with Gasteiger partial charge in [-0.15, -0.1) is 5.10 Å². The number of carbonyl (C=O) groups is 2. The lowest BCUT2D eigenvalue weighted by molar-refractivity contribution is -0.129. The third-order valence-corrected chi connectivity index (χ3v) is 4.10. The maximum atomic E-state index is 11.5. The number of hydrogen-bond acceptors (Lipinski definition) is 7. The average molecular weight is 340 g/mol. The van der Waals surface area contributed by atoms with Crippen LogP contribution in [0.25, 0.3) is 0 Å². The molecular weight excluding hydrogens is 320 g/mol. The van der Waals surface area contributed by atoms with Crippen molar-refractivity contribution in [1.82, 2.24) is 20.1 Å². The molecule has 0 aliphatic carbocycles. The van der Waals surface area contributed by atoms with E-state index < -0.39 is 0 Å². The van der Waals surface area contributed by atoms with Gasteiger partial charge in [-0.1, -0.05) is 12.1 Å². The van der Waals surface area contributed by atoms with Crippen LogP contribution in [-0.2, 0) is 4.79 Å². The highest BCUT2D eigenvalue weighted by Crippen LogP contribution is 2.18. The number of benzene rings is 1. The Hall–Kier alpha value is -3.03. The molecule has 1 saturated heterocycles. The number of carbonyl (C=O) groups excluding carboxylic acids is 2. The molecule has 8 nitrogen and oxygen atoms in total. The minimum Gasteiger partial charge on any atom is -0.339 e. The molecule has 0 saturated carbocycles. The molecule has 0 atom stereocenters. The SMILES string of the molecule is CC(=O)c1cccc(Nc2cnnc(N3CCN(C(C)=O)CC3)n2)c1. The average Bonchev–Trinajstić information content (AvgIpc) is 2.62. The largest absolute Gasteiger partial charge is 0.339 e. The molecule has 2 heterocycles. The lowest BCUT2D eigenvalue weighted by Gasteiger charge is -2.33. The molecule has 1 fully saturated rings. The Bertz CT molecular complexity index is 786. The molecule has 0 bridgehead atoms. The normalized spacial score (nSPS) is 14.3. The Morgan fingerprint density at radius 3 is 2.56 bits per heavy atom. The van der Waals surface area contributed by atoms with Gasteiger partial charge in [0.15, 0.2) is 11.6 Å². The fourth-order valence-electron chi connectivity index (χ4n) is 2.67. The standard InChI is InChI=1S/C17H20N6O2/c1-12(24)14-4-3-5-15(10-14)19-16-11-18-21-17(20-16)23-8-6-22(7-9-23)13(2)25/h3-5,10-11H,6-9H2,1-2H3,(H,19,20,21). The minimum atomic E-state index is 0.00786. The summed E-state index contributed by atoms with van der Waals surface area (Å²) in [7, 11) is 0. The van der Waals surface area contributed by atoms with E-state index in [-0.39, 0.29) is 11.7 Å². The lowest BCUT2D eigenvalue weighted by Crippen LogP contribution is -2.48. The maximum absolute atomic E-state index is 11.5. The molecule has 0 radical (unpaired) electrons. The predicted octanol–water partition coefficient (Wildman–Crippen LogP) is 1.49. The van der Waals surface area contributed by atoms with Crippen molar-refractivity contribution in [3.8, 4) is 0 Å². The van der Waals surface area contributed by atoms with Crippen molar-refractivity contribution in [3.05, 3.63) is 36.0 Å². The second-order valence-electron chi connectivity index (χ2n) is 5.90. The summed E-state index contributed by atoms with van der Waals surface area (Å²) >= 11 is 0. The van der Waals surface area contributed by atoms with E-state index >= 15 is 0 Å². The number of nitrogens with one attached hydrogen (secondary N) is 1. The zero-order valence-corrected chi connectivity index (χ0v) is 14.3. The van der Waals surface area contributed by atoms with Crippen molar-refractivity contribution < 1.29 is 9.59 Å². The van der Waals surface area contributed by atoms with E-state index in [0.29, 0.717) is 43.5 Å². The fourth-order valence-corrected chi connectivity index (χ4v) is 2.67. The van der Waals surface area contributed by atoms with Gasteiger partial charge in [-0.05, 0) is 19.1 Å². The molecule has 1 aromatic heterocycles. The Kier molecular flexibility index (Phi) is 4.87. The van der Waals surface area contributed by atoms with Crippen LogP contribution in [0.2, 0.25) is 0 Å². The van der Waals surface area contributed by atoms with Gasteiger partial charge in [0, 0.05) is 44.4 Å². The predicted molar refractivity (Wildman–Crippen MR) is 94.0 cm³/mol. The molecular formula is C17H20N6O2. The van der Waals surface area contributed by atoms with Crippen molar-refractivity contribution in [1.29, 1.82) is 0 Å². The van der Waals surface area contributed by atoms with E-state index in [1.54, 1.807) is 24.0 Å². The van der Waals surface area contributed by atoms with Crippen LogP contribution < -0.4 is 10.2 Å². The van der Waals surface area contributed by atoms with Gasteiger partial charge in [-0.3, -0.25) is 9.59 Å². The molecule has 2 aromatic rings. The number of piperazine rings is 1. The van der Waals surface area contributed by atoms with Crippen LogP contribution in [0.3, 0.4) is 0 Å². The van der Waals surface area contributed by atoms with Crippen LogP contribution >= 0.6 is 0 Å². The van der Waals surface area contributed by atoms with Crippen molar-refractivity contribution in [2.45, 2.75) is 13.8 Å². The van der Waals surface area contributed by atoms with Crippen LogP contribution in [0.15, 0.2) is 30.5 Å². The summed E-state index contributed by atoms with van der Waals surface area (Å²) in [5, 5.41) is 11.2. The van der Waals surface area contributed by atoms with Gasteiger partial charge < -0.3 is 15.1 Å². The van der Waals surface area contributed by atoms with E-state index in [1.807, 2.05) is 17.0 Å². The van der Waals surface area contributed by atoms with Crippen LogP contribution in [0.1, 0.15) is 24.2 Å². The summed E-state index contributed by atoms with van der Waals surface area (Å²) in [5.41, 5.74) is 1.40. The highest BCUT2D eigenvalue weighted by Gasteiger charge is 2.20. The molecule has 1 aromatic carbocycles. The van der Waals surface area contributed by atoms with E-state index in [4.69, 9.17) is 0 Å². The number of Topliss-reactive ketones (excluding diaryl/α,β-unsaturated/α-hetero) is 1.